The number of nitriles is 1. The Morgan fingerprint density at radius 1 is 1.23 bits per heavy atom. The number of carbonyl (C=O) groups excluding carboxylic acids is 1. The van der Waals surface area contributed by atoms with Crippen molar-refractivity contribution in [3.8, 4) is 17.4 Å². The summed E-state index contributed by atoms with van der Waals surface area (Å²) in [6.07, 6.45) is -3.48. The van der Waals surface area contributed by atoms with Crippen LogP contribution in [0.1, 0.15) is 11.3 Å². The van der Waals surface area contributed by atoms with Gasteiger partial charge in [-0.2, -0.15) is 18.4 Å². The molecule has 3 aromatic rings. The Labute approximate surface area is 182 Å². The number of aromatic nitrogens is 1. The van der Waals surface area contributed by atoms with Crippen molar-refractivity contribution in [2.75, 3.05) is 11.1 Å². The molecule has 0 unspecified atom stereocenters. The lowest BCUT2D eigenvalue weighted by molar-refractivity contribution is -0.141. The molecule has 0 radical (unpaired) electrons. The Kier molecular flexibility index (Phi) is 6.61. The van der Waals surface area contributed by atoms with Crippen molar-refractivity contribution in [1.82, 2.24) is 4.98 Å². The lowest BCUT2D eigenvalue weighted by Gasteiger charge is -2.13. The average Bonchev–Trinajstić information content (AvgIpc) is 3.22. The Bertz CT molecular complexity index is 1110. The van der Waals surface area contributed by atoms with Crippen molar-refractivity contribution >= 4 is 46.6 Å². The van der Waals surface area contributed by atoms with Crippen molar-refractivity contribution in [2.45, 2.75) is 11.2 Å². The summed E-state index contributed by atoms with van der Waals surface area (Å²) in [5, 5.41) is 12.2. The molecule has 30 heavy (non-hydrogen) atoms. The third-order valence-corrected chi connectivity index (χ3v) is 5.35. The minimum Gasteiger partial charge on any atom is -0.464 e. The summed E-state index contributed by atoms with van der Waals surface area (Å²) in [6.45, 7) is 0. The first-order valence-electron chi connectivity index (χ1n) is 8.13. The molecule has 154 valence electrons. The number of carbonyl (C=O) groups is 1. The Morgan fingerprint density at radius 2 is 1.93 bits per heavy atom. The Morgan fingerprint density at radius 3 is 2.50 bits per heavy atom. The number of anilines is 1. The highest BCUT2D eigenvalue weighted by molar-refractivity contribution is 8.00. The fourth-order valence-electron chi connectivity index (χ4n) is 2.43. The van der Waals surface area contributed by atoms with Crippen LogP contribution >= 0.6 is 35.0 Å². The number of hydrogen-bond acceptors (Lipinski definition) is 5. The third-order valence-electron chi connectivity index (χ3n) is 3.74. The second kappa shape index (κ2) is 9.00. The van der Waals surface area contributed by atoms with Gasteiger partial charge in [0.2, 0.25) is 5.91 Å². The van der Waals surface area contributed by atoms with Crippen LogP contribution in [0.5, 0.6) is 0 Å². The minimum atomic E-state index is -4.75. The summed E-state index contributed by atoms with van der Waals surface area (Å²) in [4.78, 5) is 15.8. The topological polar surface area (TPSA) is 78.9 Å². The van der Waals surface area contributed by atoms with Gasteiger partial charge in [-0.3, -0.25) is 4.79 Å². The normalized spacial score (nSPS) is 11.2. The van der Waals surface area contributed by atoms with Gasteiger partial charge in [-0.1, -0.05) is 41.0 Å². The lowest BCUT2D eigenvalue weighted by atomic mass is 10.1. The number of nitrogens with one attached hydrogen (secondary N) is 1. The number of amides is 1. The molecule has 5 nitrogen and oxygen atoms in total. The molecule has 0 aliphatic heterocycles. The predicted molar refractivity (Wildman–Crippen MR) is 107 cm³/mol. The zero-order valence-electron chi connectivity index (χ0n) is 14.8. The molecule has 1 aromatic carbocycles. The number of hydrogen-bond donors (Lipinski definition) is 1. The fourth-order valence-corrected chi connectivity index (χ4v) is 3.73. The van der Waals surface area contributed by atoms with Crippen molar-refractivity contribution in [3.05, 3.63) is 64.0 Å². The summed E-state index contributed by atoms with van der Waals surface area (Å²) < 4.78 is 45.1. The average molecular weight is 472 g/mol. The van der Waals surface area contributed by atoms with E-state index in [0.29, 0.717) is 11.8 Å². The van der Waals surface area contributed by atoms with Gasteiger partial charge < -0.3 is 9.73 Å². The zero-order chi connectivity index (χ0) is 21.9. The molecular weight excluding hydrogens is 462 g/mol. The van der Waals surface area contributed by atoms with Gasteiger partial charge in [0, 0.05) is 5.56 Å². The van der Waals surface area contributed by atoms with Gasteiger partial charge in [-0.05, 0) is 30.3 Å². The maximum absolute atomic E-state index is 13.3. The van der Waals surface area contributed by atoms with Crippen molar-refractivity contribution in [1.29, 1.82) is 5.26 Å². The van der Waals surface area contributed by atoms with Gasteiger partial charge in [0.25, 0.3) is 0 Å². The van der Waals surface area contributed by atoms with Crippen LogP contribution in [-0.4, -0.2) is 16.6 Å². The van der Waals surface area contributed by atoms with Gasteiger partial charge in [0.05, 0.1) is 33.3 Å². The molecule has 2 aromatic heterocycles. The van der Waals surface area contributed by atoms with Gasteiger partial charge >= 0.3 is 6.18 Å². The van der Waals surface area contributed by atoms with E-state index >= 15 is 0 Å². The number of pyridine rings is 1. The number of thioether (sulfide) groups is 1. The number of benzene rings is 1. The highest BCUT2D eigenvalue weighted by Gasteiger charge is 2.35. The molecule has 3 rings (SSSR count). The molecule has 2 heterocycles. The van der Waals surface area contributed by atoms with Crippen LogP contribution in [0.4, 0.5) is 18.9 Å². The van der Waals surface area contributed by atoms with Crippen LogP contribution in [0.2, 0.25) is 10.0 Å². The number of para-hydroxylation sites is 1. The van der Waals surface area contributed by atoms with Crippen LogP contribution in [0.15, 0.2) is 52.1 Å². The summed E-state index contributed by atoms with van der Waals surface area (Å²) in [6, 6.07) is 10.1. The van der Waals surface area contributed by atoms with Gasteiger partial charge in [0.15, 0.2) is 0 Å². The van der Waals surface area contributed by atoms with E-state index in [0.717, 1.165) is 6.07 Å². The maximum atomic E-state index is 13.3. The minimum absolute atomic E-state index is 0.0677. The molecule has 1 N–H and O–H groups in total. The molecule has 0 saturated heterocycles. The van der Waals surface area contributed by atoms with Crippen molar-refractivity contribution in [2.24, 2.45) is 0 Å². The largest absolute Gasteiger partial charge is 0.464 e. The van der Waals surface area contributed by atoms with E-state index in [1.165, 1.54) is 30.5 Å². The molecule has 0 aliphatic carbocycles. The SMILES string of the molecule is N#Cc1c(-c2ccco2)cc(C(F)(F)F)nc1SCC(=O)Nc1c(Cl)cccc1Cl. The highest BCUT2D eigenvalue weighted by atomic mass is 35.5. The first-order chi connectivity index (χ1) is 14.2. The number of furan rings is 1. The van der Waals surface area contributed by atoms with Gasteiger partial charge in [0.1, 0.15) is 22.5 Å². The summed E-state index contributed by atoms with van der Waals surface area (Å²) in [5.74, 6) is -0.839. The van der Waals surface area contributed by atoms with Gasteiger partial charge in [-0.25, -0.2) is 4.98 Å². The molecular formula is C19H10Cl2F3N3O2S. The predicted octanol–water partition coefficient (Wildman–Crippen LogP) is 6.27. The van der Waals surface area contributed by atoms with E-state index in [-0.39, 0.29) is 43.4 Å². The zero-order valence-corrected chi connectivity index (χ0v) is 17.1. The Balaban J connectivity index is 1.90. The van der Waals surface area contributed by atoms with Crippen LogP contribution in [0.25, 0.3) is 11.3 Å². The molecule has 0 spiro atoms. The van der Waals surface area contributed by atoms with Crippen LogP contribution in [0, 0.1) is 11.3 Å². The fraction of sp³-hybridized carbons (Fsp3) is 0.105. The van der Waals surface area contributed by atoms with Crippen molar-refractivity contribution < 1.29 is 22.4 Å². The molecule has 1 amide bonds. The van der Waals surface area contributed by atoms with Gasteiger partial charge in [-0.15, -0.1) is 0 Å². The summed E-state index contributed by atoms with van der Waals surface area (Å²) in [5.41, 5.74) is -1.22. The monoisotopic (exact) mass is 471 g/mol. The number of alkyl halides is 3. The van der Waals surface area contributed by atoms with Crippen molar-refractivity contribution in [3.63, 3.8) is 0 Å². The maximum Gasteiger partial charge on any atom is 0.433 e. The number of nitrogens with zero attached hydrogens (tertiary/aromatic N) is 2. The summed E-state index contributed by atoms with van der Waals surface area (Å²) in [7, 11) is 0. The molecule has 0 bridgehead atoms. The molecule has 11 heteroatoms. The molecule has 0 saturated carbocycles. The summed E-state index contributed by atoms with van der Waals surface area (Å²) >= 11 is 12.7. The Hall–Kier alpha value is -2.67. The van der Waals surface area contributed by atoms with Crippen LogP contribution in [-0.2, 0) is 11.0 Å². The first kappa shape index (κ1) is 22.0. The second-order valence-electron chi connectivity index (χ2n) is 5.76. The third kappa shape index (κ3) is 4.90. The second-order valence-corrected chi connectivity index (χ2v) is 7.53. The molecule has 0 atom stereocenters. The highest BCUT2D eigenvalue weighted by Crippen LogP contribution is 2.37. The number of halogens is 5. The first-order valence-corrected chi connectivity index (χ1v) is 9.87. The van der Waals surface area contributed by atoms with E-state index in [2.05, 4.69) is 10.3 Å². The van der Waals surface area contributed by atoms with E-state index in [9.17, 15) is 23.2 Å². The van der Waals surface area contributed by atoms with E-state index in [1.54, 1.807) is 6.07 Å². The molecule has 0 fully saturated rings. The van der Waals surface area contributed by atoms with Crippen LogP contribution in [0.3, 0.4) is 0 Å². The molecule has 0 aliphatic rings. The lowest BCUT2D eigenvalue weighted by Crippen LogP contribution is -2.15. The van der Waals surface area contributed by atoms with E-state index in [4.69, 9.17) is 27.6 Å². The number of rotatable bonds is 5. The van der Waals surface area contributed by atoms with E-state index in [1.807, 2.05) is 6.07 Å². The standard InChI is InChI=1S/C19H10Cl2F3N3O2S/c20-12-3-1-4-13(21)17(12)27-16(28)9-30-18-11(8-25)10(14-5-2-6-29-14)7-15(26-18)19(22,23)24/h1-7H,9H2,(H,27,28). The smallest absolute Gasteiger partial charge is 0.433 e. The van der Waals surface area contributed by atoms with E-state index < -0.39 is 17.8 Å². The quantitative estimate of drug-likeness (QED) is 0.443. The van der Waals surface area contributed by atoms with Crippen LogP contribution < -0.4 is 5.32 Å².